The van der Waals surface area contributed by atoms with Crippen LogP contribution in [0.5, 0.6) is 0 Å². The summed E-state index contributed by atoms with van der Waals surface area (Å²) in [7, 11) is 0. The molecular formula is C10H6F2. The standard InChI is InChI=1S/C10H6F2/c11-9-3-1-7-5-10(12)4-2-8(7)6-9/h1-6H. The number of rotatable bonds is 0. The summed E-state index contributed by atoms with van der Waals surface area (Å²) >= 11 is 0. The van der Waals surface area contributed by atoms with Crippen LogP contribution in [0.2, 0.25) is 0 Å². The van der Waals surface area contributed by atoms with Gasteiger partial charge in [-0.3, -0.25) is 0 Å². The highest BCUT2D eigenvalue weighted by Gasteiger charge is 1.96. The average molecular weight is 164 g/mol. The Balaban J connectivity index is 2.79. The highest BCUT2D eigenvalue weighted by Crippen LogP contribution is 2.16. The molecule has 0 atom stereocenters. The van der Waals surface area contributed by atoms with Crippen LogP contribution in [0.4, 0.5) is 8.78 Å². The van der Waals surface area contributed by atoms with Gasteiger partial charge < -0.3 is 0 Å². The first-order valence-electron chi connectivity index (χ1n) is 3.60. The second kappa shape index (κ2) is 2.55. The molecule has 2 rings (SSSR count). The number of hydrogen-bond acceptors (Lipinski definition) is 0. The van der Waals surface area contributed by atoms with Gasteiger partial charge in [0.15, 0.2) is 0 Å². The van der Waals surface area contributed by atoms with E-state index in [1.54, 1.807) is 12.1 Å². The lowest BCUT2D eigenvalue weighted by molar-refractivity contribution is 0.626. The van der Waals surface area contributed by atoms with Gasteiger partial charge in [-0.25, -0.2) is 8.78 Å². The van der Waals surface area contributed by atoms with Crippen molar-refractivity contribution in [3.8, 4) is 0 Å². The Kier molecular flexibility index (Phi) is 1.54. The maximum Gasteiger partial charge on any atom is 0.123 e. The van der Waals surface area contributed by atoms with Gasteiger partial charge in [-0.15, -0.1) is 0 Å². The van der Waals surface area contributed by atoms with E-state index >= 15 is 0 Å². The molecule has 2 aromatic rings. The number of hydrogen-bond donors (Lipinski definition) is 0. The lowest BCUT2D eigenvalue weighted by atomic mass is 10.1. The van der Waals surface area contributed by atoms with Crippen LogP contribution in [0, 0.1) is 11.6 Å². The Labute approximate surface area is 68.4 Å². The highest BCUT2D eigenvalue weighted by atomic mass is 19.1. The largest absolute Gasteiger partial charge is 0.207 e. The third kappa shape index (κ3) is 1.16. The molecule has 2 heteroatoms. The van der Waals surface area contributed by atoms with Crippen molar-refractivity contribution in [2.75, 3.05) is 0 Å². The summed E-state index contributed by atoms with van der Waals surface area (Å²) in [4.78, 5) is 0. The van der Waals surface area contributed by atoms with Crippen LogP contribution in [-0.2, 0) is 0 Å². The number of fused-ring (bicyclic) bond motifs is 1. The zero-order chi connectivity index (χ0) is 8.55. The zero-order valence-electron chi connectivity index (χ0n) is 6.22. The van der Waals surface area contributed by atoms with Crippen LogP contribution in [0.3, 0.4) is 0 Å². The molecule has 2 aromatic carbocycles. The van der Waals surface area contributed by atoms with E-state index in [9.17, 15) is 8.78 Å². The van der Waals surface area contributed by atoms with E-state index in [2.05, 4.69) is 0 Å². The molecule has 60 valence electrons. The van der Waals surface area contributed by atoms with Crippen LogP contribution < -0.4 is 0 Å². The first kappa shape index (κ1) is 7.22. The average Bonchev–Trinajstić information content (AvgIpc) is 2.05. The van der Waals surface area contributed by atoms with Gasteiger partial charge in [0.05, 0.1) is 0 Å². The van der Waals surface area contributed by atoms with Crippen molar-refractivity contribution < 1.29 is 8.78 Å². The van der Waals surface area contributed by atoms with Crippen molar-refractivity contribution in [3.63, 3.8) is 0 Å². The molecule has 0 nitrogen and oxygen atoms in total. The van der Waals surface area contributed by atoms with E-state index in [4.69, 9.17) is 0 Å². The van der Waals surface area contributed by atoms with Crippen molar-refractivity contribution in [3.05, 3.63) is 48.0 Å². The van der Waals surface area contributed by atoms with E-state index in [0.29, 0.717) is 0 Å². The molecular weight excluding hydrogens is 158 g/mol. The van der Waals surface area contributed by atoms with Crippen molar-refractivity contribution >= 4 is 10.8 Å². The summed E-state index contributed by atoms with van der Waals surface area (Å²) in [5, 5.41) is 1.44. The molecule has 0 aliphatic rings. The summed E-state index contributed by atoms with van der Waals surface area (Å²) in [6.07, 6.45) is 0. The van der Waals surface area contributed by atoms with Crippen LogP contribution in [0.1, 0.15) is 0 Å². The first-order valence-corrected chi connectivity index (χ1v) is 3.60. The number of halogens is 2. The second-order valence-electron chi connectivity index (χ2n) is 2.64. The molecule has 12 heavy (non-hydrogen) atoms. The van der Waals surface area contributed by atoms with E-state index in [1.807, 2.05) is 0 Å². The van der Waals surface area contributed by atoms with Crippen LogP contribution in [0.15, 0.2) is 36.4 Å². The smallest absolute Gasteiger partial charge is 0.123 e. The van der Waals surface area contributed by atoms with Gasteiger partial charge in [-0.05, 0) is 35.0 Å². The monoisotopic (exact) mass is 164 g/mol. The molecule has 0 amide bonds. The third-order valence-corrected chi connectivity index (χ3v) is 1.76. The Morgan fingerprint density at radius 2 is 1.08 bits per heavy atom. The van der Waals surface area contributed by atoms with Gasteiger partial charge in [-0.1, -0.05) is 12.1 Å². The normalized spacial score (nSPS) is 10.5. The minimum Gasteiger partial charge on any atom is -0.207 e. The van der Waals surface area contributed by atoms with Gasteiger partial charge in [0, 0.05) is 0 Å². The predicted octanol–water partition coefficient (Wildman–Crippen LogP) is 3.12. The summed E-state index contributed by atoms with van der Waals surface area (Å²) in [5.74, 6) is -0.594. The summed E-state index contributed by atoms with van der Waals surface area (Å²) in [5.41, 5.74) is 0. The molecule has 0 spiro atoms. The van der Waals surface area contributed by atoms with Gasteiger partial charge in [-0.2, -0.15) is 0 Å². The Bertz CT molecular complexity index is 380. The van der Waals surface area contributed by atoms with Crippen LogP contribution in [0.25, 0.3) is 10.8 Å². The zero-order valence-corrected chi connectivity index (χ0v) is 6.22. The van der Waals surface area contributed by atoms with Gasteiger partial charge in [0.25, 0.3) is 0 Å². The van der Waals surface area contributed by atoms with Gasteiger partial charge >= 0.3 is 0 Å². The van der Waals surface area contributed by atoms with Crippen molar-refractivity contribution in [2.24, 2.45) is 0 Å². The Morgan fingerprint density at radius 3 is 1.50 bits per heavy atom. The van der Waals surface area contributed by atoms with E-state index < -0.39 is 0 Å². The fourth-order valence-electron chi connectivity index (χ4n) is 1.19. The number of benzene rings is 2. The first-order chi connectivity index (χ1) is 5.75. The van der Waals surface area contributed by atoms with Crippen LogP contribution in [-0.4, -0.2) is 0 Å². The summed E-state index contributed by atoms with van der Waals surface area (Å²) in [6.45, 7) is 0. The maximum atomic E-state index is 12.6. The summed E-state index contributed by atoms with van der Waals surface area (Å²) < 4.78 is 25.3. The minimum atomic E-state index is -0.297. The quantitative estimate of drug-likeness (QED) is 0.561. The van der Waals surface area contributed by atoms with Crippen molar-refractivity contribution in [1.82, 2.24) is 0 Å². The predicted molar refractivity (Wildman–Crippen MR) is 43.9 cm³/mol. The topological polar surface area (TPSA) is 0 Å². The lowest BCUT2D eigenvalue weighted by Gasteiger charge is -1.96. The lowest BCUT2D eigenvalue weighted by Crippen LogP contribution is -1.77. The van der Waals surface area contributed by atoms with Crippen LogP contribution >= 0.6 is 0 Å². The third-order valence-electron chi connectivity index (χ3n) is 1.76. The molecule has 0 unspecified atom stereocenters. The molecule has 0 N–H and O–H groups in total. The Hall–Kier alpha value is -1.44. The molecule has 0 aromatic heterocycles. The second-order valence-corrected chi connectivity index (χ2v) is 2.64. The van der Waals surface area contributed by atoms with E-state index in [1.165, 1.54) is 24.3 Å². The molecule has 0 heterocycles. The fraction of sp³-hybridized carbons (Fsp3) is 0. The molecule has 0 radical (unpaired) electrons. The Morgan fingerprint density at radius 1 is 0.667 bits per heavy atom. The minimum absolute atomic E-state index is 0.297. The maximum absolute atomic E-state index is 12.6. The molecule has 0 bridgehead atoms. The fourth-order valence-corrected chi connectivity index (χ4v) is 1.19. The molecule has 0 saturated heterocycles. The molecule has 0 fully saturated rings. The van der Waals surface area contributed by atoms with E-state index in [-0.39, 0.29) is 11.6 Å². The van der Waals surface area contributed by atoms with E-state index in [0.717, 1.165) is 10.8 Å². The summed E-state index contributed by atoms with van der Waals surface area (Å²) in [6, 6.07) is 8.54. The molecule has 0 aliphatic heterocycles. The molecule has 0 aliphatic carbocycles. The van der Waals surface area contributed by atoms with Gasteiger partial charge in [0.2, 0.25) is 0 Å². The SMILES string of the molecule is Fc1ccc2cc(F)ccc2c1. The van der Waals surface area contributed by atoms with Gasteiger partial charge in [0.1, 0.15) is 11.6 Å². The van der Waals surface area contributed by atoms with Crippen molar-refractivity contribution in [1.29, 1.82) is 0 Å². The van der Waals surface area contributed by atoms with Crippen molar-refractivity contribution in [2.45, 2.75) is 0 Å². The highest BCUT2D eigenvalue weighted by molar-refractivity contribution is 5.82. The molecule has 0 saturated carbocycles.